The number of ether oxygens (including phenoxy) is 2. The average Bonchev–Trinajstić information content (AvgIpc) is 2.81. The van der Waals surface area contributed by atoms with Gasteiger partial charge in [-0.1, -0.05) is 72.8 Å². The third-order valence-corrected chi connectivity index (χ3v) is 5.36. The third-order valence-electron chi connectivity index (χ3n) is 4.62. The van der Waals surface area contributed by atoms with Crippen LogP contribution in [0.3, 0.4) is 0 Å². The molecule has 0 saturated heterocycles. The van der Waals surface area contributed by atoms with Crippen LogP contribution in [0, 0.1) is 5.92 Å². The van der Waals surface area contributed by atoms with E-state index >= 15 is 0 Å². The van der Waals surface area contributed by atoms with Crippen LogP contribution in [-0.4, -0.2) is 18.2 Å². The first-order valence-corrected chi connectivity index (χ1v) is 10.9. The van der Waals surface area contributed by atoms with E-state index in [-0.39, 0.29) is 19.6 Å². The highest BCUT2D eigenvalue weighted by atomic mass is 32.2. The molecule has 0 amide bonds. The second-order valence-corrected chi connectivity index (χ2v) is 7.67. The van der Waals surface area contributed by atoms with Gasteiger partial charge in [-0.2, -0.15) is 0 Å². The maximum Gasteiger partial charge on any atom is 0.321 e. The van der Waals surface area contributed by atoms with Crippen molar-refractivity contribution in [3.05, 3.63) is 102 Å². The van der Waals surface area contributed by atoms with E-state index in [1.54, 1.807) is 11.8 Å². The van der Waals surface area contributed by atoms with Crippen molar-refractivity contribution in [3.63, 3.8) is 0 Å². The Bertz CT molecular complexity index is 884. The van der Waals surface area contributed by atoms with E-state index in [1.165, 1.54) is 0 Å². The van der Waals surface area contributed by atoms with Crippen LogP contribution < -0.4 is 0 Å². The van der Waals surface area contributed by atoms with Gasteiger partial charge in [0.25, 0.3) is 0 Å². The van der Waals surface area contributed by atoms with Crippen LogP contribution in [-0.2, 0) is 38.7 Å². The number of hydrogen-bond donors (Lipinski definition) is 0. The predicted molar refractivity (Wildman–Crippen MR) is 118 cm³/mol. The highest BCUT2D eigenvalue weighted by molar-refractivity contribution is 7.98. The molecule has 0 aliphatic carbocycles. The Balaban J connectivity index is 1.68. The third kappa shape index (κ3) is 6.49. The van der Waals surface area contributed by atoms with Gasteiger partial charge in [-0.05, 0) is 41.5 Å². The molecule has 0 N–H and O–H groups in total. The molecule has 0 heterocycles. The van der Waals surface area contributed by atoms with E-state index in [2.05, 4.69) is 0 Å². The van der Waals surface area contributed by atoms with Gasteiger partial charge in [0.2, 0.25) is 0 Å². The SMILES string of the molecule is CSc1ccc(CC(C(=O)OCc2ccccc2)C(=O)OCc2ccccc2)cc1. The fraction of sp³-hybridized carbons (Fsp3) is 0.200. The summed E-state index contributed by atoms with van der Waals surface area (Å²) in [4.78, 5) is 26.7. The summed E-state index contributed by atoms with van der Waals surface area (Å²) in [5.41, 5.74) is 2.62. The molecular formula is C25H24O4S. The standard InChI is InChI=1S/C25H24O4S/c1-30-22-14-12-19(13-15-22)16-23(24(26)28-17-20-8-4-2-5-9-20)25(27)29-18-21-10-6-3-7-11-21/h2-15,23H,16-18H2,1H3. The second-order valence-electron chi connectivity index (χ2n) is 6.79. The van der Waals surface area contributed by atoms with Crippen molar-refractivity contribution in [1.82, 2.24) is 0 Å². The van der Waals surface area contributed by atoms with Gasteiger partial charge < -0.3 is 9.47 Å². The summed E-state index contributed by atoms with van der Waals surface area (Å²) >= 11 is 1.64. The number of benzene rings is 3. The Morgan fingerprint density at radius 1 is 0.700 bits per heavy atom. The summed E-state index contributed by atoms with van der Waals surface area (Å²) in [5, 5.41) is 0. The molecule has 4 nitrogen and oxygen atoms in total. The average molecular weight is 421 g/mol. The lowest BCUT2D eigenvalue weighted by atomic mass is 9.99. The van der Waals surface area contributed by atoms with Crippen molar-refractivity contribution in [1.29, 1.82) is 0 Å². The van der Waals surface area contributed by atoms with Crippen molar-refractivity contribution in [2.75, 3.05) is 6.26 Å². The monoisotopic (exact) mass is 420 g/mol. The van der Waals surface area contributed by atoms with Crippen molar-refractivity contribution < 1.29 is 19.1 Å². The van der Waals surface area contributed by atoms with Crippen LogP contribution in [0.1, 0.15) is 16.7 Å². The van der Waals surface area contributed by atoms with Gasteiger partial charge in [0, 0.05) is 4.90 Å². The van der Waals surface area contributed by atoms with E-state index in [9.17, 15) is 9.59 Å². The van der Waals surface area contributed by atoms with Crippen LogP contribution >= 0.6 is 11.8 Å². The Hall–Kier alpha value is -3.05. The summed E-state index contributed by atoms with van der Waals surface area (Å²) in [5.74, 6) is -2.17. The number of carbonyl (C=O) groups excluding carboxylic acids is 2. The molecule has 3 aromatic carbocycles. The highest BCUT2D eigenvalue weighted by Gasteiger charge is 2.30. The minimum Gasteiger partial charge on any atom is -0.460 e. The molecule has 0 atom stereocenters. The van der Waals surface area contributed by atoms with Crippen molar-refractivity contribution in [2.24, 2.45) is 5.92 Å². The first kappa shape index (κ1) is 21.7. The zero-order valence-electron chi connectivity index (χ0n) is 16.8. The number of carbonyl (C=O) groups is 2. The highest BCUT2D eigenvalue weighted by Crippen LogP contribution is 2.19. The normalized spacial score (nSPS) is 10.6. The van der Waals surface area contributed by atoms with Gasteiger partial charge in [-0.25, -0.2) is 0 Å². The van der Waals surface area contributed by atoms with Crippen LogP contribution in [0.2, 0.25) is 0 Å². The van der Waals surface area contributed by atoms with Gasteiger partial charge in [-0.15, -0.1) is 11.8 Å². The van der Waals surface area contributed by atoms with Crippen LogP contribution in [0.15, 0.2) is 89.8 Å². The summed E-state index contributed by atoms with van der Waals surface area (Å²) in [6.45, 7) is 0.237. The molecule has 154 valence electrons. The number of thioether (sulfide) groups is 1. The zero-order chi connectivity index (χ0) is 21.2. The molecule has 0 radical (unpaired) electrons. The van der Waals surface area contributed by atoms with Crippen LogP contribution in [0.4, 0.5) is 0 Å². The van der Waals surface area contributed by atoms with Gasteiger partial charge in [0.15, 0.2) is 5.92 Å². The van der Waals surface area contributed by atoms with Gasteiger partial charge >= 0.3 is 11.9 Å². The van der Waals surface area contributed by atoms with Crippen molar-refractivity contribution >= 4 is 23.7 Å². The second kappa shape index (κ2) is 11.2. The lowest BCUT2D eigenvalue weighted by molar-refractivity contribution is -0.163. The molecule has 30 heavy (non-hydrogen) atoms. The maximum absolute atomic E-state index is 12.8. The summed E-state index contributed by atoms with van der Waals surface area (Å²) in [7, 11) is 0. The first-order chi connectivity index (χ1) is 14.7. The van der Waals surface area contributed by atoms with Crippen molar-refractivity contribution in [2.45, 2.75) is 24.5 Å². The van der Waals surface area contributed by atoms with Gasteiger partial charge in [0.05, 0.1) is 0 Å². The smallest absolute Gasteiger partial charge is 0.321 e. The summed E-state index contributed by atoms with van der Waals surface area (Å²) in [6.07, 6.45) is 2.23. The molecule has 0 aliphatic rings. The van der Waals surface area contributed by atoms with Gasteiger partial charge in [0.1, 0.15) is 13.2 Å². The van der Waals surface area contributed by atoms with E-state index in [4.69, 9.17) is 9.47 Å². The summed E-state index contributed by atoms with van der Waals surface area (Å²) in [6, 6.07) is 26.6. The van der Waals surface area contributed by atoms with E-state index < -0.39 is 17.9 Å². The number of esters is 2. The molecule has 5 heteroatoms. The molecule has 0 aliphatic heterocycles. The predicted octanol–water partition coefficient (Wildman–Crippen LogP) is 5.05. The van der Waals surface area contributed by atoms with E-state index in [0.29, 0.717) is 0 Å². The summed E-state index contributed by atoms with van der Waals surface area (Å²) < 4.78 is 10.9. The van der Waals surface area contributed by atoms with Crippen molar-refractivity contribution in [3.8, 4) is 0 Å². The molecule has 0 unspecified atom stereocenters. The molecule has 0 spiro atoms. The minimum absolute atomic E-state index is 0.119. The minimum atomic E-state index is -1.02. The van der Waals surface area contributed by atoms with Gasteiger partial charge in [-0.3, -0.25) is 9.59 Å². The fourth-order valence-corrected chi connectivity index (χ4v) is 3.33. The largest absolute Gasteiger partial charge is 0.460 e. The van der Waals surface area contributed by atoms with Crippen LogP contribution in [0.25, 0.3) is 0 Å². The molecule has 0 fully saturated rings. The Morgan fingerprint density at radius 2 is 1.17 bits per heavy atom. The number of hydrogen-bond acceptors (Lipinski definition) is 5. The lowest BCUT2D eigenvalue weighted by Crippen LogP contribution is -2.30. The fourth-order valence-electron chi connectivity index (χ4n) is 2.92. The zero-order valence-corrected chi connectivity index (χ0v) is 17.6. The Kier molecular flexibility index (Phi) is 8.10. The van der Waals surface area contributed by atoms with E-state index in [1.807, 2.05) is 91.2 Å². The van der Waals surface area contributed by atoms with E-state index in [0.717, 1.165) is 21.6 Å². The lowest BCUT2D eigenvalue weighted by Gasteiger charge is -2.16. The van der Waals surface area contributed by atoms with Crippen LogP contribution in [0.5, 0.6) is 0 Å². The first-order valence-electron chi connectivity index (χ1n) is 9.70. The molecule has 0 bridgehead atoms. The molecule has 3 aromatic rings. The Morgan fingerprint density at radius 3 is 1.60 bits per heavy atom. The topological polar surface area (TPSA) is 52.6 Å². The molecule has 0 saturated carbocycles. The molecule has 0 aromatic heterocycles. The maximum atomic E-state index is 12.8. The molecular weight excluding hydrogens is 396 g/mol. The quantitative estimate of drug-likeness (QED) is 0.275. The number of rotatable bonds is 9. The Labute approximate surface area is 181 Å². The molecule has 3 rings (SSSR count).